The van der Waals surface area contributed by atoms with Crippen molar-refractivity contribution < 1.29 is 27.7 Å². The SMILES string of the molecule is CCOP(=O)(OCC)OC[C@]12CCC(C)(C)C[C@H]1[C@H]1C(=O)C[C@@H]3[C@@]4(C)C=C(C#N)C(=O)C(C)(C)[C@@H]4CC[C@@]3(C)[C@]1(C)CC2. The Hall–Kier alpha value is -1.32. The van der Waals surface area contributed by atoms with Gasteiger partial charge in [0.15, 0.2) is 5.78 Å². The summed E-state index contributed by atoms with van der Waals surface area (Å²) in [6.07, 6.45) is 8.98. The zero-order chi connectivity index (χ0) is 31.9. The average Bonchev–Trinajstić information content (AvgIpc) is 2.91. The van der Waals surface area contributed by atoms with Gasteiger partial charge in [0.25, 0.3) is 0 Å². The van der Waals surface area contributed by atoms with Gasteiger partial charge in [-0.25, -0.2) is 4.57 Å². The van der Waals surface area contributed by atoms with Crippen molar-refractivity contribution in [1.29, 1.82) is 5.26 Å². The Bertz CT molecular complexity index is 1290. The van der Waals surface area contributed by atoms with Crippen LogP contribution in [-0.2, 0) is 27.7 Å². The predicted molar refractivity (Wildman–Crippen MR) is 166 cm³/mol. The minimum atomic E-state index is -3.69. The van der Waals surface area contributed by atoms with Crippen molar-refractivity contribution in [2.24, 2.45) is 56.2 Å². The predicted octanol–water partition coefficient (Wildman–Crippen LogP) is 8.48. The van der Waals surface area contributed by atoms with Crippen LogP contribution in [0.5, 0.6) is 0 Å². The highest BCUT2D eigenvalue weighted by Crippen LogP contribution is 2.76. The molecular formula is C35H54NO6P. The number of carbonyl (C=O) groups is 2. The van der Waals surface area contributed by atoms with E-state index in [1.165, 1.54) is 0 Å². The lowest BCUT2D eigenvalue weighted by Gasteiger charge is -2.72. The van der Waals surface area contributed by atoms with Crippen LogP contribution in [0.15, 0.2) is 11.6 Å². The molecule has 8 atom stereocenters. The third kappa shape index (κ3) is 4.79. The number of carbonyl (C=O) groups excluding carboxylic acids is 2. The fourth-order valence-corrected chi connectivity index (χ4v) is 12.6. The number of ketones is 2. The Morgan fingerprint density at radius 1 is 0.884 bits per heavy atom. The molecule has 4 fully saturated rings. The van der Waals surface area contributed by atoms with Gasteiger partial charge in [-0.1, -0.05) is 54.5 Å². The number of rotatable bonds is 7. The van der Waals surface area contributed by atoms with Crippen molar-refractivity contribution in [2.75, 3.05) is 19.8 Å². The van der Waals surface area contributed by atoms with Crippen LogP contribution in [0.4, 0.5) is 0 Å². The van der Waals surface area contributed by atoms with Crippen molar-refractivity contribution >= 4 is 19.4 Å². The summed E-state index contributed by atoms with van der Waals surface area (Å²) >= 11 is 0. The monoisotopic (exact) mass is 615 g/mol. The lowest BCUT2D eigenvalue weighted by atomic mass is 9.31. The number of Topliss-reactive ketones (excluding diaryl/α,β-unsaturated/α-hetero) is 2. The summed E-state index contributed by atoms with van der Waals surface area (Å²) in [4.78, 5) is 28.1. The molecule has 5 rings (SSSR count). The van der Waals surface area contributed by atoms with E-state index in [9.17, 15) is 19.4 Å². The second-order valence-corrected chi connectivity index (χ2v) is 18.3. The number of fused-ring (bicyclic) bond motifs is 7. The van der Waals surface area contributed by atoms with Crippen molar-refractivity contribution in [3.8, 4) is 6.07 Å². The van der Waals surface area contributed by atoms with Crippen molar-refractivity contribution in [3.05, 3.63) is 11.6 Å². The fourth-order valence-electron chi connectivity index (χ4n) is 11.3. The van der Waals surface area contributed by atoms with E-state index in [0.29, 0.717) is 12.2 Å². The maximum atomic E-state index is 14.7. The van der Waals surface area contributed by atoms with E-state index in [0.717, 1.165) is 44.9 Å². The number of allylic oxidation sites excluding steroid dienone is 2. The first-order valence-corrected chi connectivity index (χ1v) is 18.1. The van der Waals surface area contributed by atoms with Gasteiger partial charge >= 0.3 is 7.82 Å². The maximum absolute atomic E-state index is 14.7. The molecule has 7 nitrogen and oxygen atoms in total. The Balaban J connectivity index is 1.56. The smallest absolute Gasteiger partial charge is 0.299 e. The van der Waals surface area contributed by atoms with Crippen LogP contribution in [-0.4, -0.2) is 31.4 Å². The summed E-state index contributed by atoms with van der Waals surface area (Å²) in [7, 11) is -3.69. The Kier molecular flexibility index (Phi) is 8.16. The average molecular weight is 616 g/mol. The van der Waals surface area contributed by atoms with Crippen LogP contribution in [0.3, 0.4) is 0 Å². The van der Waals surface area contributed by atoms with E-state index in [-0.39, 0.29) is 76.5 Å². The molecule has 0 heterocycles. The van der Waals surface area contributed by atoms with Crippen LogP contribution >= 0.6 is 7.82 Å². The summed E-state index contributed by atoms with van der Waals surface area (Å²) in [5.41, 5.74) is -1.34. The lowest BCUT2D eigenvalue weighted by molar-refractivity contribution is -0.226. The van der Waals surface area contributed by atoms with Crippen LogP contribution in [0.25, 0.3) is 0 Å². The third-order valence-corrected chi connectivity index (χ3v) is 15.3. The van der Waals surface area contributed by atoms with Gasteiger partial charge in [0, 0.05) is 17.8 Å². The molecule has 4 saturated carbocycles. The number of phosphoric ester groups is 1. The number of nitrogens with zero attached hydrogens (tertiary/aromatic N) is 1. The minimum Gasteiger partial charge on any atom is -0.299 e. The minimum absolute atomic E-state index is 0.0553. The maximum Gasteiger partial charge on any atom is 0.474 e. The second kappa shape index (κ2) is 10.6. The molecule has 0 radical (unpaired) electrons. The molecule has 5 aliphatic rings. The number of hydrogen-bond acceptors (Lipinski definition) is 7. The van der Waals surface area contributed by atoms with Crippen LogP contribution in [0.2, 0.25) is 0 Å². The topological polar surface area (TPSA) is 103 Å². The quantitative estimate of drug-likeness (QED) is 0.265. The highest BCUT2D eigenvalue weighted by Gasteiger charge is 2.72. The summed E-state index contributed by atoms with van der Waals surface area (Å²) in [5, 5.41) is 9.97. The highest BCUT2D eigenvalue weighted by atomic mass is 31.2. The summed E-state index contributed by atoms with van der Waals surface area (Å²) in [5.74, 6) is 0.388. The van der Waals surface area contributed by atoms with Gasteiger partial charge in [-0.3, -0.25) is 23.2 Å². The fraction of sp³-hybridized carbons (Fsp3) is 0.857. The van der Waals surface area contributed by atoms with Gasteiger partial charge < -0.3 is 0 Å². The van der Waals surface area contributed by atoms with Crippen LogP contribution < -0.4 is 0 Å². The zero-order valence-electron chi connectivity index (χ0n) is 28.0. The highest BCUT2D eigenvalue weighted by molar-refractivity contribution is 7.48. The first kappa shape index (κ1) is 33.1. The Morgan fingerprint density at radius 3 is 2.12 bits per heavy atom. The Labute approximate surface area is 259 Å². The Morgan fingerprint density at radius 2 is 1.51 bits per heavy atom. The lowest BCUT2D eigenvalue weighted by Crippen LogP contribution is -2.69. The van der Waals surface area contributed by atoms with E-state index in [1.807, 2.05) is 19.9 Å². The van der Waals surface area contributed by atoms with E-state index in [1.54, 1.807) is 13.8 Å². The first-order chi connectivity index (χ1) is 19.9. The number of nitriles is 1. The van der Waals surface area contributed by atoms with Crippen molar-refractivity contribution in [3.63, 3.8) is 0 Å². The molecule has 0 bridgehead atoms. The molecule has 0 aromatic heterocycles. The zero-order valence-corrected chi connectivity index (χ0v) is 28.9. The normalized spacial score (nSPS) is 43.4. The van der Waals surface area contributed by atoms with Gasteiger partial charge in [0.2, 0.25) is 0 Å². The van der Waals surface area contributed by atoms with Gasteiger partial charge in [-0.15, -0.1) is 0 Å². The van der Waals surface area contributed by atoms with Gasteiger partial charge in [-0.05, 0) is 104 Å². The first-order valence-electron chi connectivity index (χ1n) is 16.6. The second-order valence-electron chi connectivity index (χ2n) is 16.6. The molecule has 0 spiro atoms. The molecule has 43 heavy (non-hydrogen) atoms. The molecule has 8 heteroatoms. The number of phosphoric acid groups is 1. The van der Waals surface area contributed by atoms with Crippen molar-refractivity contribution in [2.45, 2.75) is 114 Å². The van der Waals surface area contributed by atoms with Crippen LogP contribution in [0.1, 0.15) is 114 Å². The molecule has 240 valence electrons. The molecule has 0 N–H and O–H groups in total. The van der Waals surface area contributed by atoms with E-state index in [2.05, 4.69) is 40.7 Å². The van der Waals surface area contributed by atoms with Crippen LogP contribution in [0, 0.1) is 67.5 Å². The summed E-state index contributed by atoms with van der Waals surface area (Å²) < 4.78 is 30.6. The van der Waals surface area contributed by atoms with E-state index in [4.69, 9.17) is 13.6 Å². The molecule has 5 aliphatic carbocycles. The summed E-state index contributed by atoms with van der Waals surface area (Å²) in [6.45, 7) is 20.0. The molecule has 0 saturated heterocycles. The van der Waals surface area contributed by atoms with Gasteiger partial charge in [-0.2, -0.15) is 5.26 Å². The third-order valence-electron chi connectivity index (χ3n) is 13.7. The molecular weight excluding hydrogens is 561 g/mol. The van der Waals surface area contributed by atoms with E-state index < -0.39 is 18.7 Å². The molecule has 0 unspecified atom stereocenters. The molecule has 0 aromatic rings. The molecule has 0 aromatic carbocycles. The standard InChI is InChI=1S/C35H54NO6P/c1-10-40-43(39,41-11-2)42-22-35-16-14-30(3,4)20-24(35)28-25(37)18-27-32(7)19-23(21-36)29(38)31(5,6)26(32)12-13-33(27,8)34(28,9)15-17-35/h19,24,26-28H,10-18,20,22H2,1-9H3/t24-,26-,27+,28-,32-,33+,34+,35+/m0/s1. The number of hydrogen-bond donors (Lipinski definition) is 0. The van der Waals surface area contributed by atoms with Crippen molar-refractivity contribution in [1.82, 2.24) is 0 Å². The van der Waals surface area contributed by atoms with E-state index >= 15 is 0 Å². The molecule has 0 aliphatic heterocycles. The molecule has 0 amide bonds. The van der Waals surface area contributed by atoms with Gasteiger partial charge in [0.05, 0.1) is 25.4 Å². The largest absolute Gasteiger partial charge is 0.474 e. The summed E-state index contributed by atoms with van der Waals surface area (Å²) in [6, 6.07) is 2.22. The van der Waals surface area contributed by atoms with Gasteiger partial charge in [0.1, 0.15) is 11.9 Å².